The Bertz CT molecular complexity index is 552. The molecule has 0 radical (unpaired) electrons. The molecular formula is C14H15ClN2S. The summed E-state index contributed by atoms with van der Waals surface area (Å²) in [4.78, 5) is 4.46. The lowest BCUT2D eigenvalue weighted by molar-refractivity contribution is 0.667. The Kier molecular flexibility index (Phi) is 3.62. The third-order valence-corrected chi connectivity index (χ3v) is 4.68. The van der Waals surface area contributed by atoms with Crippen LogP contribution in [-0.2, 0) is 0 Å². The second-order valence-corrected chi connectivity index (χ2v) is 6.16. The molecule has 3 rings (SSSR count). The fourth-order valence-electron chi connectivity index (χ4n) is 2.32. The van der Waals surface area contributed by atoms with Crippen LogP contribution in [0.1, 0.15) is 12.8 Å². The minimum atomic E-state index is 0.567. The Balaban J connectivity index is 1.94. The molecule has 0 spiro atoms. The normalized spacial score (nSPS) is 16.9. The minimum Gasteiger partial charge on any atom is -0.380 e. The molecule has 94 valence electrons. The molecule has 0 unspecified atom stereocenters. The van der Waals surface area contributed by atoms with E-state index in [0.29, 0.717) is 6.04 Å². The average molecular weight is 279 g/mol. The van der Waals surface area contributed by atoms with Crippen LogP contribution in [0.5, 0.6) is 0 Å². The highest BCUT2D eigenvalue weighted by Crippen LogP contribution is 2.30. The summed E-state index contributed by atoms with van der Waals surface area (Å²) in [6, 6.07) is 8.50. The predicted octanol–water partition coefficient (Wildman–Crippen LogP) is 4.20. The summed E-state index contributed by atoms with van der Waals surface area (Å²) in [6.45, 7) is 0. The molecule has 1 aliphatic heterocycles. The smallest absolute Gasteiger partial charge is 0.0948 e. The van der Waals surface area contributed by atoms with E-state index < -0.39 is 0 Å². The van der Waals surface area contributed by atoms with E-state index >= 15 is 0 Å². The number of benzene rings is 1. The molecular weight excluding hydrogens is 264 g/mol. The summed E-state index contributed by atoms with van der Waals surface area (Å²) in [6.07, 6.45) is 4.27. The van der Waals surface area contributed by atoms with E-state index in [1.807, 2.05) is 42.2 Å². The van der Waals surface area contributed by atoms with Gasteiger partial charge in [0.1, 0.15) is 0 Å². The first-order valence-corrected chi connectivity index (χ1v) is 7.75. The fraction of sp³-hybridized carbons (Fsp3) is 0.357. The molecule has 1 aliphatic rings. The molecule has 0 saturated carbocycles. The van der Waals surface area contributed by atoms with Crippen molar-refractivity contribution in [2.24, 2.45) is 0 Å². The van der Waals surface area contributed by atoms with E-state index in [2.05, 4.69) is 10.3 Å². The second-order valence-electron chi connectivity index (χ2n) is 4.53. The number of hydrogen-bond acceptors (Lipinski definition) is 3. The molecule has 2 heterocycles. The number of halogens is 1. The van der Waals surface area contributed by atoms with Crippen LogP contribution in [0.3, 0.4) is 0 Å². The van der Waals surface area contributed by atoms with E-state index in [4.69, 9.17) is 11.6 Å². The third-order valence-electron chi connectivity index (χ3n) is 3.30. The van der Waals surface area contributed by atoms with E-state index in [9.17, 15) is 0 Å². The van der Waals surface area contributed by atoms with E-state index in [-0.39, 0.29) is 0 Å². The van der Waals surface area contributed by atoms with Crippen LogP contribution in [0.25, 0.3) is 10.9 Å². The highest BCUT2D eigenvalue weighted by Gasteiger charge is 2.15. The zero-order valence-electron chi connectivity index (χ0n) is 10.0. The van der Waals surface area contributed by atoms with Crippen LogP contribution in [0, 0.1) is 0 Å². The standard InChI is InChI=1S/C14H15ClN2S/c15-12-3-4-13(14-11(12)2-1-7-16-14)17-10-5-8-18-9-6-10/h1-4,7,10,17H,5-6,8-9H2. The molecule has 1 N–H and O–H groups in total. The number of aromatic nitrogens is 1. The van der Waals surface area contributed by atoms with Gasteiger partial charge in [0.2, 0.25) is 0 Å². The number of nitrogens with zero attached hydrogens (tertiary/aromatic N) is 1. The van der Waals surface area contributed by atoms with Crippen molar-refractivity contribution in [2.75, 3.05) is 16.8 Å². The molecule has 18 heavy (non-hydrogen) atoms. The maximum absolute atomic E-state index is 6.20. The largest absolute Gasteiger partial charge is 0.380 e. The van der Waals surface area contributed by atoms with Crippen molar-refractivity contribution < 1.29 is 0 Å². The summed E-state index contributed by atoms with van der Waals surface area (Å²) in [5.74, 6) is 2.49. The van der Waals surface area contributed by atoms with E-state index in [1.54, 1.807) is 0 Å². The molecule has 1 fully saturated rings. The van der Waals surface area contributed by atoms with Crippen molar-refractivity contribution in [1.29, 1.82) is 0 Å². The van der Waals surface area contributed by atoms with Gasteiger partial charge in [0.25, 0.3) is 0 Å². The highest BCUT2D eigenvalue weighted by atomic mass is 35.5. The monoisotopic (exact) mass is 278 g/mol. The van der Waals surface area contributed by atoms with Gasteiger partial charge in [-0.25, -0.2) is 0 Å². The Hall–Kier alpha value is -0.930. The zero-order valence-corrected chi connectivity index (χ0v) is 11.6. The van der Waals surface area contributed by atoms with Gasteiger partial charge in [-0.3, -0.25) is 4.98 Å². The number of pyridine rings is 1. The third kappa shape index (κ3) is 2.43. The van der Waals surface area contributed by atoms with Gasteiger partial charge in [-0.15, -0.1) is 0 Å². The number of anilines is 1. The van der Waals surface area contributed by atoms with Crippen LogP contribution in [0.4, 0.5) is 5.69 Å². The van der Waals surface area contributed by atoms with Crippen molar-refractivity contribution in [3.8, 4) is 0 Å². The van der Waals surface area contributed by atoms with Gasteiger partial charge in [-0.1, -0.05) is 11.6 Å². The van der Waals surface area contributed by atoms with E-state index in [1.165, 1.54) is 24.3 Å². The van der Waals surface area contributed by atoms with Gasteiger partial charge in [0.15, 0.2) is 0 Å². The van der Waals surface area contributed by atoms with Crippen LogP contribution >= 0.6 is 23.4 Å². The van der Waals surface area contributed by atoms with Crippen molar-refractivity contribution >= 4 is 40.0 Å². The molecule has 4 heteroatoms. The number of nitrogens with one attached hydrogen (secondary N) is 1. The van der Waals surface area contributed by atoms with Gasteiger partial charge < -0.3 is 5.32 Å². The number of rotatable bonds is 2. The van der Waals surface area contributed by atoms with E-state index in [0.717, 1.165) is 21.6 Å². The Labute approximate surface area is 116 Å². The lowest BCUT2D eigenvalue weighted by atomic mass is 10.1. The van der Waals surface area contributed by atoms with Crippen molar-refractivity contribution in [2.45, 2.75) is 18.9 Å². The van der Waals surface area contributed by atoms with Crippen LogP contribution in [0.2, 0.25) is 5.02 Å². The quantitative estimate of drug-likeness (QED) is 0.891. The molecule has 0 bridgehead atoms. The fourth-order valence-corrected chi connectivity index (χ4v) is 3.64. The maximum Gasteiger partial charge on any atom is 0.0948 e. The summed E-state index contributed by atoms with van der Waals surface area (Å²) in [7, 11) is 0. The predicted molar refractivity (Wildman–Crippen MR) is 80.7 cm³/mol. The second kappa shape index (κ2) is 5.37. The highest BCUT2D eigenvalue weighted by molar-refractivity contribution is 7.99. The Morgan fingerprint density at radius 3 is 2.89 bits per heavy atom. The molecule has 0 aliphatic carbocycles. The average Bonchev–Trinajstić information content (AvgIpc) is 2.44. The first-order chi connectivity index (χ1) is 8.84. The lowest BCUT2D eigenvalue weighted by Crippen LogP contribution is -2.24. The molecule has 2 nitrogen and oxygen atoms in total. The lowest BCUT2D eigenvalue weighted by Gasteiger charge is -2.24. The maximum atomic E-state index is 6.20. The first kappa shape index (κ1) is 12.1. The van der Waals surface area contributed by atoms with Crippen molar-refractivity contribution in [3.63, 3.8) is 0 Å². The van der Waals surface area contributed by atoms with Crippen LogP contribution < -0.4 is 5.32 Å². The van der Waals surface area contributed by atoms with Gasteiger partial charge >= 0.3 is 0 Å². The molecule has 1 aromatic heterocycles. The Morgan fingerprint density at radius 2 is 2.06 bits per heavy atom. The summed E-state index contributed by atoms with van der Waals surface area (Å²) >= 11 is 8.24. The van der Waals surface area contributed by atoms with Crippen molar-refractivity contribution in [1.82, 2.24) is 4.98 Å². The van der Waals surface area contributed by atoms with Crippen LogP contribution in [0.15, 0.2) is 30.5 Å². The van der Waals surface area contributed by atoms with Gasteiger partial charge in [0, 0.05) is 17.6 Å². The molecule has 0 atom stereocenters. The molecule has 1 aromatic carbocycles. The first-order valence-electron chi connectivity index (χ1n) is 6.22. The minimum absolute atomic E-state index is 0.567. The molecule has 1 saturated heterocycles. The number of fused-ring (bicyclic) bond motifs is 1. The zero-order chi connectivity index (χ0) is 12.4. The summed E-state index contributed by atoms with van der Waals surface area (Å²) < 4.78 is 0. The molecule has 0 amide bonds. The number of hydrogen-bond donors (Lipinski definition) is 1. The summed E-state index contributed by atoms with van der Waals surface area (Å²) in [5.41, 5.74) is 2.08. The molecule has 2 aromatic rings. The van der Waals surface area contributed by atoms with Crippen molar-refractivity contribution in [3.05, 3.63) is 35.5 Å². The van der Waals surface area contributed by atoms with Gasteiger partial charge in [0.05, 0.1) is 16.2 Å². The Morgan fingerprint density at radius 1 is 1.22 bits per heavy atom. The van der Waals surface area contributed by atoms with Gasteiger partial charge in [-0.2, -0.15) is 11.8 Å². The number of thioether (sulfide) groups is 1. The van der Waals surface area contributed by atoms with Gasteiger partial charge in [-0.05, 0) is 48.6 Å². The topological polar surface area (TPSA) is 24.9 Å². The summed E-state index contributed by atoms with van der Waals surface area (Å²) in [5, 5.41) is 5.41. The SMILES string of the molecule is Clc1ccc(NC2CCSCC2)c2ncccc12. The van der Waals surface area contributed by atoms with Crippen LogP contribution in [-0.4, -0.2) is 22.5 Å².